The minimum Gasteiger partial charge on any atom is -0.491 e. The molecule has 2 rings (SSSR count). The molecule has 0 heterocycles. The van der Waals surface area contributed by atoms with Crippen LogP contribution in [0.2, 0.25) is 5.02 Å². The van der Waals surface area contributed by atoms with E-state index in [0.717, 1.165) is 32.2 Å². The van der Waals surface area contributed by atoms with E-state index in [4.69, 9.17) is 22.1 Å². The van der Waals surface area contributed by atoms with E-state index in [2.05, 4.69) is 5.32 Å². The molecule has 3 N–H and O–H groups in total. The number of nitrogens with two attached hydrogens (primary N) is 1. The summed E-state index contributed by atoms with van der Waals surface area (Å²) in [6, 6.07) is 5.36. The van der Waals surface area contributed by atoms with Crippen LogP contribution in [-0.4, -0.2) is 44.6 Å². The van der Waals surface area contributed by atoms with E-state index in [-0.39, 0.29) is 36.1 Å². The van der Waals surface area contributed by atoms with E-state index in [9.17, 15) is 4.79 Å². The van der Waals surface area contributed by atoms with Crippen LogP contribution in [0.1, 0.15) is 38.5 Å². The number of hydrogen-bond acceptors (Lipinski definition) is 4. The monoisotopic (exact) mass is 439 g/mol. The van der Waals surface area contributed by atoms with Crippen LogP contribution in [0.3, 0.4) is 0 Å². The third-order valence-corrected chi connectivity index (χ3v) is 5.19. The molecule has 27 heavy (non-hydrogen) atoms. The second-order valence-electron chi connectivity index (χ2n) is 7.29. The SMILES string of the molecule is CN(C)CCOc1ccc(NC(=O)CC2(CN)CCCCC2)cc1Cl.Cl.Cl. The number of hydrogen-bond donors (Lipinski definition) is 2. The maximum atomic E-state index is 12.4. The van der Waals surface area contributed by atoms with Gasteiger partial charge in [0.1, 0.15) is 12.4 Å². The summed E-state index contributed by atoms with van der Waals surface area (Å²) in [5, 5.41) is 3.45. The Morgan fingerprint density at radius 3 is 2.48 bits per heavy atom. The van der Waals surface area contributed by atoms with Crippen LogP contribution in [0, 0.1) is 5.41 Å². The standard InChI is InChI=1S/C19H30ClN3O2.2ClH/c1-23(2)10-11-25-17-7-6-15(12-16(17)20)22-18(24)13-19(14-21)8-4-3-5-9-19;;/h6-7,12H,3-5,8-11,13-14,21H2,1-2H3,(H,22,24);2*1H. The van der Waals surface area contributed by atoms with Crippen LogP contribution < -0.4 is 15.8 Å². The number of carbonyl (C=O) groups excluding carboxylic acids is 1. The lowest BCUT2D eigenvalue weighted by molar-refractivity contribution is -0.118. The predicted octanol–water partition coefficient (Wildman–Crippen LogP) is 4.36. The van der Waals surface area contributed by atoms with Crippen LogP contribution in [0.5, 0.6) is 5.75 Å². The van der Waals surface area contributed by atoms with Crippen molar-refractivity contribution in [1.29, 1.82) is 0 Å². The molecule has 0 unspecified atom stereocenters. The summed E-state index contributed by atoms with van der Waals surface area (Å²) < 4.78 is 5.66. The van der Waals surface area contributed by atoms with E-state index in [1.807, 2.05) is 25.1 Å². The summed E-state index contributed by atoms with van der Waals surface area (Å²) in [7, 11) is 3.98. The van der Waals surface area contributed by atoms with Crippen molar-refractivity contribution in [2.45, 2.75) is 38.5 Å². The molecule has 0 atom stereocenters. The second kappa shape index (κ2) is 12.7. The van der Waals surface area contributed by atoms with Crippen molar-refractivity contribution in [2.24, 2.45) is 11.1 Å². The topological polar surface area (TPSA) is 67.6 Å². The molecule has 1 saturated carbocycles. The van der Waals surface area contributed by atoms with Crippen molar-refractivity contribution in [1.82, 2.24) is 4.90 Å². The van der Waals surface area contributed by atoms with Gasteiger partial charge in [0.2, 0.25) is 5.91 Å². The Morgan fingerprint density at radius 1 is 1.26 bits per heavy atom. The highest BCUT2D eigenvalue weighted by Gasteiger charge is 2.32. The average Bonchev–Trinajstić information content (AvgIpc) is 2.57. The van der Waals surface area contributed by atoms with Crippen molar-refractivity contribution >= 4 is 48.0 Å². The lowest BCUT2D eigenvalue weighted by Gasteiger charge is -2.35. The molecule has 156 valence electrons. The molecule has 1 fully saturated rings. The summed E-state index contributed by atoms with van der Waals surface area (Å²) in [5.74, 6) is 0.636. The quantitative estimate of drug-likeness (QED) is 0.630. The first-order valence-electron chi connectivity index (χ1n) is 9.01. The fourth-order valence-corrected chi connectivity index (χ4v) is 3.57. The van der Waals surface area contributed by atoms with E-state index in [1.165, 1.54) is 6.42 Å². The second-order valence-corrected chi connectivity index (χ2v) is 7.69. The Labute approximate surface area is 180 Å². The van der Waals surface area contributed by atoms with Crippen molar-refractivity contribution < 1.29 is 9.53 Å². The van der Waals surface area contributed by atoms with Crippen LogP contribution in [0.4, 0.5) is 5.69 Å². The predicted molar refractivity (Wildman–Crippen MR) is 118 cm³/mol. The maximum Gasteiger partial charge on any atom is 0.224 e. The Balaban J connectivity index is 0.00000338. The zero-order chi connectivity index (χ0) is 18.3. The third kappa shape index (κ3) is 8.44. The van der Waals surface area contributed by atoms with Gasteiger partial charge in [-0.05, 0) is 57.1 Å². The molecule has 1 amide bonds. The first kappa shape index (κ1) is 26.3. The van der Waals surface area contributed by atoms with Gasteiger partial charge in [-0.3, -0.25) is 4.79 Å². The number of halogens is 3. The highest BCUT2D eigenvalue weighted by molar-refractivity contribution is 6.32. The summed E-state index contributed by atoms with van der Waals surface area (Å²) in [4.78, 5) is 14.5. The molecule has 8 heteroatoms. The van der Waals surface area contributed by atoms with E-state index >= 15 is 0 Å². The number of rotatable bonds is 8. The number of carbonyl (C=O) groups is 1. The molecule has 1 aromatic rings. The molecule has 1 aromatic carbocycles. The maximum absolute atomic E-state index is 12.4. The first-order chi connectivity index (χ1) is 11.9. The van der Waals surface area contributed by atoms with Gasteiger partial charge in [0.25, 0.3) is 0 Å². The Morgan fingerprint density at radius 2 is 1.93 bits per heavy atom. The summed E-state index contributed by atoms with van der Waals surface area (Å²) >= 11 is 6.26. The van der Waals surface area contributed by atoms with Crippen molar-refractivity contribution in [3.8, 4) is 5.75 Å². The van der Waals surface area contributed by atoms with Gasteiger partial charge >= 0.3 is 0 Å². The minimum absolute atomic E-state index is 0. The van der Waals surface area contributed by atoms with Crippen molar-refractivity contribution in [3.05, 3.63) is 23.2 Å². The van der Waals surface area contributed by atoms with Gasteiger partial charge in [0.05, 0.1) is 5.02 Å². The smallest absolute Gasteiger partial charge is 0.224 e. The summed E-state index contributed by atoms with van der Waals surface area (Å²) in [6.07, 6.45) is 6.12. The molecule has 1 aliphatic rings. The van der Waals surface area contributed by atoms with Crippen LogP contribution in [-0.2, 0) is 4.79 Å². The molecular weight excluding hydrogens is 409 g/mol. The fourth-order valence-electron chi connectivity index (χ4n) is 3.33. The zero-order valence-corrected chi connectivity index (χ0v) is 18.5. The third-order valence-electron chi connectivity index (χ3n) is 4.89. The zero-order valence-electron chi connectivity index (χ0n) is 16.1. The lowest BCUT2D eigenvalue weighted by atomic mass is 9.71. The number of nitrogens with one attached hydrogen (secondary N) is 1. The van der Waals surface area contributed by atoms with Crippen LogP contribution in [0.25, 0.3) is 0 Å². The van der Waals surface area contributed by atoms with Gasteiger partial charge in [0.15, 0.2) is 0 Å². The molecule has 0 aliphatic heterocycles. The van der Waals surface area contributed by atoms with Gasteiger partial charge in [-0.2, -0.15) is 0 Å². The van der Waals surface area contributed by atoms with Gasteiger partial charge < -0.3 is 20.7 Å². The molecular formula is C19H32Cl3N3O2. The van der Waals surface area contributed by atoms with E-state index in [0.29, 0.717) is 36.0 Å². The van der Waals surface area contributed by atoms with E-state index in [1.54, 1.807) is 12.1 Å². The van der Waals surface area contributed by atoms with Gasteiger partial charge in [-0.1, -0.05) is 30.9 Å². The molecule has 0 bridgehead atoms. The van der Waals surface area contributed by atoms with Gasteiger partial charge in [0, 0.05) is 18.7 Å². The van der Waals surface area contributed by atoms with Crippen LogP contribution >= 0.6 is 36.4 Å². The minimum atomic E-state index is -0.0403. The molecule has 1 aliphatic carbocycles. The number of benzene rings is 1. The number of ether oxygens (including phenoxy) is 1. The largest absolute Gasteiger partial charge is 0.491 e. The summed E-state index contributed by atoms with van der Waals surface area (Å²) in [5.41, 5.74) is 6.62. The normalized spacial score (nSPS) is 15.4. The average molecular weight is 441 g/mol. The molecule has 5 nitrogen and oxygen atoms in total. The number of likely N-dealkylation sites (N-methyl/N-ethyl adjacent to an activating group) is 1. The molecule has 0 aromatic heterocycles. The summed E-state index contributed by atoms with van der Waals surface area (Å²) in [6.45, 7) is 1.95. The van der Waals surface area contributed by atoms with Gasteiger partial charge in [-0.15, -0.1) is 24.8 Å². The Hall–Kier alpha value is -0.720. The number of anilines is 1. The van der Waals surface area contributed by atoms with Crippen LogP contribution in [0.15, 0.2) is 18.2 Å². The Kier molecular flexibility index (Phi) is 12.3. The number of amides is 1. The first-order valence-corrected chi connectivity index (χ1v) is 9.39. The lowest BCUT2D eigenvalue weighted by Crippen LogP contribution is -2.36. The molecule has 0 saturated heterocycles. The number of nitrogens with zero attached hydrogens (tertiary/aromatic N) is 1. The van der Waals surface area contributed by atoms with Gasteiger partial charge in [-0.25, -0.2) is 0 Å². The Bertz CT molecular complexity index is 579. The molecule has 0 spiro atoms. The molecule has 0 radical (unpaired) electrons. The highest BCUT2D eigenvalue weighted by Crippen LogP contribution is 2.38. The van der Waals surface area contributed by atoms with E-state index < -0.39 is 0 Å². The fraction of sp³-hybridized carbons (Fsp3) is 0.632. The van der Waals surface area contributed by atoms with Crippen molar-refractivity contribution in [3.63, 3.8) is 0 Å². The van der Waals surface area contributed by atoms with Crippen molar-refractivity contribution in [2.75, 3.05) is 39.1 Å². The highest BCUT2D eigenvalue weighted by atomic mass is 35.5.